The normalized spacial score (nSPS) is 12.2. The van der Waals surface area contributed by atoms with E-state index in [9.17, 15) is 4.79 Å². The van der Waals surface area contributed by atoms with E-state index in [-0.39, 0.29) is 11.9 Å². The van der Waals surface area contributed by atoms with Crippen LogP contribution in [0, 0.1) is 0 Å². The van der Waals surface area contributed by atoms with Gasteiger partial charge in [-0.05, 0) is 25.0 Å². The molecular formula is C12H17BrN2O2. The number of methoxy groups -OCH3 is 1. The monoisotopic (exact) mass is 300 g/mol. The Morgan fingerprint density at radius 1 is 1.65 bits per heavy atom. The standard InChI is InChI=1S/C12H17BrN2O2/c1-9(16)15-11(4-3-7-17-2)12-8-10(13)5-6-14-12/h5-6,8,11H,3-4,7H2,1-2H3,(H,15,16). The molecule has 1 heterocycles. The Balaban J connectivity index is 2.70. The Hall–Kier alpha value is -0.940. The Labute approximate surface area is 110 Å². The molecule has 0 aliphatic carbocycles. The zero-order valence-corrected chi connectivity index (χ0v) is 11.7. The van der Waals surface area contributed by atoms with Crippen LogP contribution in [0.1, 0.15) is 31.5 Å². The first-order chi connectivity index (χ1) is 8.13. The number of halogens is 1. The first kappa shape index (κ1) is 14.1. The summed E-state index contributed by atoms with van der Waals surface area (Å²) in [6, 6.07) is 3.73. The SMILES string of the molecule is COCCCC(NC(C)=O)c1cc(Br)ccn1. The van der Waals surface area contributed by atoms with E-state index in [4.69, 9.17) is 4.74 Å². The molecule has 4 nitrogen and oxygen atoms in total. The minimum absolute atomic E-state index is 0.0470. The van der Waals surface area contributed by atoms with Crippen molar-refractivity contribution in [1.29, 1.82) is 0 Å². The zero-order valence-electron chi connectivity index (χ0n) is 10.1. The quantitative estimate of drug-likeness (QED) is 0.821. The summed E-state index contributed by atoms with van der Waals surface area (Å²) in [4.78, 5) is 15.4. The average Bonchev–Trinajstić information content (AvgIpc) is 2.27. The molecule has 17 heavy (non-hydrogen) atoms. The number of hydrogen-bond acceptors (Lipinski definition) is 3. The van der Waals surface area contributed by atoms with Crippen molar-refractivity contribution in [2.24, 2.45) is 0 Å². The third-order valence-corrected chi connectivity index (χ3v) is 2.81. The summed E-state index contributed by atoms with van der Waals surface area (Å²) in [5, 5.41) is 2.90. The van der Waals surface area contributed by atoms with Crippen LogP contribution in [0.3, 0.4) is 0 Å². The Bertz CT molecular complexity index is 371. The van der Waals surface area contributed by atoms with Crippen molar-refractivity contribution in [3.8, 4) is 0 Å². The van der Waals surface area contributed by atoms with Crippen molar-refractivity contribution in [2.75, 3.05) is 13.7 Å². The highest BCUT2D eigenvalue weighted by Gasteiger charge is 2.13. The minimum atomic E-state index is -0.0554. The first-order valence-electron chi connectivity index (χ1n) is 5.51. The highest BCUT2D eigenvalue weighted by Crippen LogP contribution is 2.19. The summed E-state index contributed by atoms with van der Waals surface area (Å²) < 4.78 is 5.98. The molecule has 0 fully saturated rings. The van der Waals surface area contributed by atoms with Crippen LogP contribution in [0.2, 0.25) is 0 Å². The van der Waals surface area contributed by atoms with Gasteiger partial charge >= 0.3 is 0 Å². The number of aromatic nitrogens is 1. The number of carbonyl (C=O) groups is 1. The lowest BCUT2D eigenvalue weighted by molar-refractivity contribution is -0.119. The molecule has 0 aliphatic heterocycles. The van der Waals surface area contributed by atoms with Crippen molar-refractivity contribution < 1.29 is 9.53 Å². The van der Waals surface area contributed by atoms with Crippen LogP contribution in [-0.2, 0) is 9.53 Å². The van der Waals surface area contributed by atoms with Gasteiger partial charge in [0.25, 0.3) is 0 Å². The van der Waals surface area contributed by atoms with Gasteiger partial charge < -0.3 is 10.1 Å². The molecule has 1 aromatic rings. The molecular weight excluding hydrogens is 284 g/mol. The molecule has 0 aromatic carbocycles. The number of nitrogens with zero attached hydrogens (tertiary/aromatic N) is 1. The van der Waals surface area contributed by atoms with Gasteiger partial charge in [-0.3, -0.25) is 9.78 Å². The fraction of sp³-hybridized carbons (Fsp3) is 0.500. The molecule has 0 radical (unpaired) electrons. The highest BCUT2D eigenvalue weighted by molar-refractivity contribution is 9.10. The van der Waals surface area contributed by atoms with Gasteiger partial charge in [-0.15, -0.1) is 0 Å². The summed E-state index contributed by atoms with van der Waals surface area (Å²) in [7, 11) is 1.67. The molecule has 1 atom stereocenters. The van der Waals surface area contributed by atoms with Gasteiger partial charge in [0.2, 0.25) is 5.91 Å². The lowest BCUT2D eigenvalue weighted by Gasteiger charge is -2.17. The van der Waals surface area contributed by atoms with Crippen LogP contribution in [0.15, 0.2) is 22.8 Å². The molecule has 5 heteroatoms. The maximum absolute atomic E-state index is 11.2. The molecule has 1 amide bonds. The number of hydrogen-bond donors (Lipinski definition) is 1. The predicted molar refractivity (Wildman–Crippen MR) is 69.6 cm³/mol. The molecule has 94 valence electrons. The van der Waals surface area contributed by atoms with Gasteiger partial charge in [0, 0.05) is 31.3 Å². The second-order valence-electron chi connectivity index (χ2n) is 3.79. The van der Waals surface area contributed by atoms with Crippen molar-refractivity contribution in [3.63, 3.8) is 0 Å². The lowest BCUT2D eigenvalue weighted by atomic mass is 10.1. The number of pyridine rings is 1. The predicted octanol–water partition coefficient (Wildman–Crippen LogP) is 2.45. The number of nitrogens with one attached hydrogen (secondary N) is 1. The molecule has 1 N–H and O–H groups in total. The van der Waals surface area contributed by atoms with E-state index in [1.165, 1.54) is 6.92 Å². The van der Waals surface area contributed by atoms with Gasteiger partial charge in [-0.1, -0.05) is 15.9 Å². The topological polar surface area (TPSA) is 51.2 Å². The summed E-state index contributed by atoms with van der Waals surface area (Å²) >= 11 is 3.40. The summed E-state index contributed by atoms with van der Waals surface area (Å²) in [6.07, 6.45) is 3.43. The van der Waals surface area contributed by atoms with Crippen molar-refractivity contribution in [1.82, 2.24) is 10.3 Å². The Morgan fingerprint density at radius 3 is 3.00 bits per heavy atom. The Kier molecular flexibility index (Phi) is 6.15. The van der Waals surface area contributed by atoms with Crippen LogP contribution in [-0.4, -0.2) is 24.6 Å². The van der Waals surface area contributed by atoms with Crippen LogP contribution in [0.4, 0.5) is 0 Å². The largest absolute Gasteiger partial charge is 0.385 e. The van der Waals surface area contributed by atoms with E-state index in [0.29, 0.717) is 6.61 Å². The lowest BCUT2D eigenvalue weighted by Crippen LogP contribution is -2.27. The van der Waals surface area contributed by atoms with Gasteiger partial charge in [0.05, 0.1) is 11.7 Å². The summed E-state index contributed by atoms with van der Waals surface area (Å²) in [5.41, 5.74) is 0.866. The van der Waals surface area contributed by atoms with Gasteiger partial charge in [0.15, 0.2) is 0 Å². The molecule has 0 saturated heterocycles. The first-order valence-corrected chi connectivity index (χ1v) is 6.30. The smallest absolute Gasteiger partial charge is 0.217 e. The van der Waals surface area contributed by atoms with E-state index in [1.54, 1.807) is 13.3 Å². The maximum atomic E-state index is 11.2. The van der Waals surface area contributed by atoms with E-state index in [2.05, 4.69) is 26.2 Å². The van der Waals surface area contributed by atoms with E-state index >= 15 is 0 Å². The molecule has 1 rings (SSSR count). The van der Waals surface area contributed by atoms with Crippen molar-refractivity contribution in [3.05, 3.63) is 28.5 Å². The van der Waals surface area contributed by atoms with Crippen LogP contribution >= 0.6 is 15.9 Å². The van der Waals surface area contributed by atoms with Gasteiger partial charge in [-0.25, -0.2) is 0 Å². The maximum Gasteiger partial charge on any atom is 0.217 e. The zero-order chi connectivity index (χ0) is 12.7. The number of amides is 1. The third kappa shape index (κ3) is 5.28. The fourth-order valence-electron chi connectivity index (χ4n) is 1.58. The summed E-state index contributed by atoms with van der Waals surface area (Å²) in [6.45, 7) is 2.20. The molecule has 0 bridgehead atoms. The molecule has 1 unspecified atom stereocenters. The van der Waals surface area contributed by atoms with Gasteiger partial charge in [0.1, 0.15) is 0 Å². The molecule has 1 aromatic heterocycles. The minimum Gasteiger partial charge on any atom is -0.385 e. The fourth-order valence-corrected chi connectivity index (χ4v) is 1.94. The van der Waals surface area contributed by atoms with Crippen molar-refractivity contribution in [2.45, 2.75) is 25.8 Å². The highest BCUT2D eigenvalue weighted by atomic mass is 79.9. The number of ether oxygens (including phenoxy) is 1. The van der Waals surface area contributed by atoms with E-state index in [1.807, 2.05) is 12.1 Å². The van der Waals surface area contributed by atoms with Crippen LogP contribution in [0.25, 0.3) is 0 Å². The molecule has 0 spiro atoms. The van der Waals surface area contributed by atoms with Crippen LogP contribution < -0.4 is 5.32 Å². The molecule has 0 saturated carbocycles. The Morgan fingerprint density at radius 2 is 2.41 bits per heavy atom. The van der Waals surface area contributed by atoms with Gasteiger partial charge in [-0.2, -0.15) is 0 Å². The van der Waals surface area contributed by atoms with Crippen LogP contribution in [0.5, 0.6) is 0 Å². The van der Waals surface area contributed by atoms with E-state index < -0.39 is 0 Å². The second-order valence-corrected chi connectivity index (χ2v) is 4.70. The second kappa shape index (κ2) is 7.40. The van der Waals surface area contributed by atoms with Crippen molar-refractivity contribution >= 4 is 21.8 Å². The number of carbonyl (C=O) groups excluding carboxylic acids is 1. The third-order valence-electron chi connectivity index (χ3n) is 2.32. The molecule has 0 aliphatic rings. The average molecular weight is 301 g/mol. The number of rotatable bonds is 6. The van der Waals surface area contributed by atoms with E-state index in [0.717, 1.165) is 23.0 Å². The summed E-state index contributed by atoms with van der Waals surface area (Å²) in [5.74, 6) is -0.0470.